The maximum Gasteiger partial charge on any atom is 0.220 e. The highest BCUT2D eigenvalue weighted by Gasteiger charge is 2.18. The van der Waals surface area contributed by atoms with E-state index < -0.39 is 0 Å². The first-order chi connectivity index (χ1) is 11.2. The zero-order chi connectivity index (χ0) is 16.5. The van der Waals surface area contributed by atoms with Crippen LogP contribution in [0.2, 0.25) is 0 Å². The zero-order valence-electron chi connectivity index (χ0n) is 14.6. The van der Waals surface area contributed by atoms with E-state index in [0.29, 0.717) is 13.0 Å². The van der Waals surface area contributed by atoms with Crippen molar-refractivity contribution in [2.75, 3.05) is 19.6 Å². The monoisotopic (exact) mass is 444 g/mol. The van der Waals surface area contributed by atoms with Gasteiger partial charge in [-0.2, -0.15) is 0 Å². The molecule has 1 heterocycles. The Balaban J connectivity index is 0.00000288. The van der Waals surface area contributed by atoms with Crippen LogP contribution >= 0.6 is 24.0 Å². The molecule has 5 nitrogen and oxygen atoms in total. The number of nitrogens with zero attached hydrogens (tertiary/aromatic N) is 1. The lowest BCUT2D eigenvalue weighted by Gasteiger charge is -2.25. The third-order valence-electron chi connectivity index (χ3n) is 4.05. The van der Waals surface area contributed by atoms with E-state index in [1.54, 1.807) is 0 Å². The summed E-state index contributed by atoms with van der Waals surface area (Å²) in [6.45, 7) is 6.47. The number of hydrogen-bond donors (Lipinski definition) is 3. The van der Waals surface area contributed by atoms with Gasteiger partial charge in [-0.1, -0.05) is 31.2 Å². The second-order valence-corrected chi connectivity index (χ2v) is 5.86. The first kappa shape index (κ1) is 20.7. The summed E-state index contributed by atoms with van der Waals surface area (Å²) >= 11 is 0. The van der Waals surface area contributed by atoms with Gasteiger partial charge in [0.05, 0.1) is 0 Å². The molecular formula is C18H29IN4O. The van der Waals surface area contributed by atoms with Crippen LogP contribution in [0.25, 0.3) is 0 Å². The van der Waals surface area contributed by atoms with Gasteiger partial charge in [-0.25, -0.2) is 0 Å². The molecular weight excluding hydrogens is 415 g/mol. The van der Waals surface area contributed by atoms with Crippen molar-refractivity contribution in [3.05, 3.63) is 35.4 Å². The molecule has 1 aliphatic heterocycles. The Labute approximate surface area is 162 Å². The van der Waals surface area contributed by atoms with Gasteiger partial charge in [0.2, 0.25) is 5.91 Å². The Morgan fingerprint density at radius 3 is 2.54 bits per heavy atom. The minimum atomic E-state index is 0. The number of benzene rings is 1. The standard InChI is InChI=1S/C18H28N4O.HI/c1-3-14-5-7-15(8-6-14)11-12-20-18(19-4-2)22-16-9-10-17(23)21-13-16;/h5-8,16H,3-4,9-13H2,1-2H3,(H,21,23)(H2,19,20,22);1H. The molecule has 0 aromatic heterocycles. The van der Waals surface area contributed by atoms with E-state index in [9.17, 15) is 4.79 Å². The molecule has 1 atom stereocenters. The highest BCUT2D eigenvalue weighted by atomic mass is 127. The van der Waals surface area contributed by atoms with Crippen molar-refractivity contribution in [2.24, 2.45) is 4.99 Å². The molecule has 1 aliphatic rings. The number of halogens is 1. The second kappa shape index (κ2) is 11.3. The number of aryl methyl sites for hydroxylation is 1. The number of amides is 1. The van der Waals surface area contributed by atoms with E-state index in [-0.39, 0.29) is 35.9 Å². The summed E-state index contributed by atoms with van der Waals surface area (Å²) in [4.78, 5) is 15.9. The summed E-state index contributed by atoms with van der Waals surface area (Å²) in [6.07, 6.45) is 3.45. The molecule has 24 heavy (non-hydrogen) atoms. The largest absolute Gasteiger partial charge is 0.357 e. The van der Waals surface area contributed by atoms with Crippen molar-refractivity contribution in [1.29, 1.82) is 0 Å². The molecule has 1 unspecified atom stereocenters. The minimum absolute atomic E-state index is 0. The summed E-state index contributed by atoms with van der Waals surface area (Å²) in [6, 6.07) is 9.01. The summed E-state index contributed by atoms with van der Waals surface area (Å²) in [5.74, 6) is 0.972. The lowest BCUT2D eigenvalue weighted by Crippen LogP contribution is -2.51. The molecule has 0 bridgehead atoms. The fourth-order valence-electron chi connectivity index (χ4n) is 2.61. The van der Waals surface area contributed by atoms with Crippen molar-refractivity contribution in [2.45, 2.75) is 45.6 Å². The number of carbonyl (C=O) groups excluding carboxylic acids is 1. The van der Waals surface area contributed by atoms with Gasteiger partial charge in [0.15, 0.2) is 5.96 Å². The van der Waals surface area contributed by atoms with Crippen LogP contribution in [0.4, 0.5) is 0 Å². The minimum Gasteiger partial charge on any atom is -0.357 e. The van der Waals surface area contributed by atoms with Crippen molar-refractivity contribution >= 4 is 35.8 Å². The predicted octanol–water partition coefficient (Wildman–Crippen LogP) is 2.24. The molecule has 0 spiro atoms. The van der Waals surface area contributed by atoms with Gasteiger partial charge in [-0.3, -0.25) is 9.79 Å². The topological polar surface area (TPSA) is 65.5 Å². The van der Waals surface area contributed by atoms with Gasteiger partial charge in [-0.15, -0.1) is 24.0 Å². The molecule has 6 heteroatoms. The SMILES string of the molecule is CCNC(=NCCc1ccc(CC)cc1)NC1CCC(=O)NC1.I. The number of piperidine rings is 1. The Kier molecular flexibility index (Phi) is 9.75. The fourth-order valence-corrected chi connectivity index (χ4v) is 2.61. The van der Waals surface area contributed by atoms with Crippen molar-refractivity contribution < 1.29 is 4.79 Å². The molecule has 0 radical (unpaired) electrons. The Bertz CT molecular complexity index is 520. The number of guanidine groups is 1. The highest BCUT2D eigenvalue weighted by Crippen LogP contribution is 2.06. The number of nitrogens with one attached hydrogen (secondary N) is 3. The highest BCUT2D eigenvalue weighted by molar-refractivity contribution is 14.0. The van der Waals surface area contributed by atoms with Crippen LogP contribution in [-0.2, 0) is 17.6 Å². The van der Waals surface area contributed by atoms with Gasteiger partial charge in [0, 0.05) is 32.1 Å². The van der Waals surface area contributed by atoms with E-state index in [2.05, 4.69) is 59.1 Å². The Morgan fingerprint density at radius 2 is 1.96 bits per heavy atom. The van der Waals surface area contributed by atoms with Crippen LogP contribution in [-0.4, -0.2) is 37.5 Å². The second-order valence-electron chi connectivity index (χ2n) is 5.86. The van der Waals surface area contributed by atoms with Crippen LogP contribution in [0.3, 0.4) is 0 Å². The Hall–Kier alpha value is -1.31. The van der Waals surface area contributed by atoms with E-state index in [1.165, 1.54) is 11.1 Å². The predicted molar refractivity (Wildman–Crippen MR) is 110 cm³/mol. The summed E-state index contributed by atoms with van der Waals surface area (Å²) in [7, 11) is 0. The lowest BCUT2D eigenvalue weighted by molar-refractivity contribution is -0.122. The van der Waals surface area contributed by atoms with Gasteiger partial charge < -0.3 is 16.0 Å². The van der Waals surface area contributed by atoms with Crippen molar-refractivity contribution in [3.63, 3.8) is 0 Å². The molecule has 1 amide bonds. The van der Waals surface area contributed by atoms with E-state index in [4.69, 9.17) is 0 Å². The molecule has 3 N–H and O–H groups in total. The smallest absolute Gasteiger partial charge is 0.220 e. The molecule has 1 fully saturated rings. The number of aliphatic imine (C=N–C) groups is 1. The third kappa shape index (κ3) is 7.07. The van der Waals surface area contributed by atoms with Gasteiger partial charge in [0.25, 0.3) is 0 Å². The maximum atomic E-state index is 11.2. The zero-order valence-corrected chi connectivity index (χ0v) is 16.9. The van der Waals surface area contributed by atoms with E-state index in [0.717, 1.165) is 38.3 Å². The van der Waals surface area contributed by atoms with E-state index in [1.807, 2.05) is 0 Å². The number of carbonyl (C=O) groups is 1. The van der Waals surface area contributed by atoms with Crippen LogP contribution in [0.15, 0.2) is 29.3 Å². The molecule has 1 aromatic carbocycles. The van der Waals surface area contributed by atoms with Gasteiger partial charge in [0.1, 0.15) is 0 Å². The van der Waals surface area contributed by atoms with E-state index >= 15 is 0 Å². The molecule has 1 aromatic rings. The molecule has 134 valence electrons. The van der Waals surface area contributed by atoms with Crippen LogP contribution in [0.5, 0.6) is 0 Å². The lowest BCUT2D eigenvalue weighted by atomic mass is 10.1. The van der Waals surface area contributed by atoms with Crippen molar-refractivity contribution in [1.82, 2.24) is 16.0 Å². The van der Waals surface area contributed by atoms with Gasteiger partial charge >= 0.3 is 0 Å². The number of hydrogen-bond acceptors (Lipinski definition) is 2. The fraction of sp³-hybridized carbons (Fsp3) is 0.556. The average Bonchev–Trinajstić information content (AvgIpc) is 2.58. The Morgan fingerprint density at radius 1 is 1.25 bits per heavy atom. The maximum absolute atomic E-state index is 11.2. The van der Waals surface area contributed by atoms with Crippen LogP contribution < -0.4 is 16.0 Å². The molecule has 0 aliphatic carbocycles. The number of rotatable bonds is 6. The molecule has 1 saturated heterocycles. The normalized spacial score (nSPS) is 17.7. The summed E-state index contributed by atoms with van der Waals surface area (Å²) in [5, 5.41) is 9.57. The molecule has 2 rings (SSSR count). The summed E-state index contributed by atoms with van der Waals surface area (Å²) < 4.78 is 0. The average molecular weight is 444 g/mol. The first-order valence-corrected chi connectivity index (χ1v) is 8.60. The first-order valence-electron chi connectivity index (χ1n) is 8.60. The van der Waals surface area contributed by atoms with Gasteiger partial charge in [-0.05, 0) is 37.3 Å². The van der Waals surface area contributed by atoms with Crippen molar-refractivity contribution in [3.8, 4) is 0 Å². The van der Waals surface area contributed by atoms with Crippen LogP contribution in [0.1, 0.15) is 37.8 Å². The quantitative estimate of drug-likeness (QED) is 0.358. The van der Waals surface area contributed by atoms with Crippen LogP contribution in [0, 0.1) is 0 Å². The third-order valence-corrected chi connectivity index (χ3v) is 4.05. The summed E-state index contributed by atoms with van der Waals surface area (Å²) in [5.41, 5.74) is 2.68. The molecule has 0 saturated carbocycles.